The molecule has 2 N–H and O–H groups in total. The Labute approximate surface area is 131 Å². The van der Waals surface area contributed by atoms with Crippen molar-refractivity contribution in [1.82, 2.24) is 10.2 Å². The first-order chi connectivity index (χ1) is 10.1. The highest BCUT2D eigenvalue weighted by Gasteiger charge is 2.33. The van der Waals surface area contributed by atoms with Crippen molar-refractivity contribution < 1.29 is 4.79 Å². The van der Waals surface area contributed by atoms with Gasteiger partial charge in [0.05, 0.1) is 5.56 Å². The second kappa shape index (κ2) is 5.61. The van der Waals surface area contributed by atoms with E-state index in [9.17, 15) is 4.79 Å². The summed E-state index contributed by atoms with van der Waals surface area (Å²) in [7, 11) is 0. The Hall–Kier alpha value is -1.66. The molecule has 7 heteroatoms. The summed E-state index contributed by atoms with van der Waals surface area (Å²) in [5, 5.41) is 12.4. The first kappa shape index (κ1) is 14.3. The van der Waals surface area contributed by atoms with E-state index in [-0.39, 0.29) is 11.2 Å². The molecule has 3 heterocycles. The number of carbonyl (C=O) groups is 1. The van der Waals surface area contributed by atoms with Crippen LogP contribution >= 0.6 is 22.9 Å². The molecule has 0 aliphatic carbocycles. The quantitative estimate of drug-likeness (QED) is 0.943. The molecule has 0 spiro atoms. The second-order valence-corrected chi connectivity index (χ2v) is 6.43. The van der Waals surface area contributed by atoms with Crippen LogP contribution in [0.2, 0.25) is 5.15 Å². The van der Waals surface area contributed by atoms with E-state index in [0.717, 1.165) is 13.0 Å². The van der Waals surface area contributed by atoms with Gasteiger partial charge in [-0.3, -0.25) is 4.79 Å². The van der Waals surface area contributed by atoms with Crippen LogP contribution in [0.3, 0.4) is 0 Å². The van der Waals surface area contributed by atoms with Crippen molar-refractivity contribution in [3.05, 3.63) is 39.2 Å². The van der Waals surface area contributed by atoms with Gasteiger partial charge in [0.25, 0.3) is 5.91 Å². The van der Waals surface area contributed by atoms with Gasteiger partial charge in [0.1, 0.15) is 0 Å². The van der Waals surface area contributed by atoms with Crippen molar-refractivity contribution in [2.24, 2.45) is 5.73 Å². The Kier molecular flexibility index (Phi) is 3.82. The molecule has 1 saturated heterocycles. The average Bonchev–Trinajstić information content (AvgIpc) is 3.08. The molecule has 110 valence electrons. The SMILES string of the molecule is C[C@H]1C[C@H](c2ccsc2)CN1c1nnc(Cl)cc1C(N)=O. The molecular weight excluding hydrogens is 308 g/mol. The molecule has 3 rings (SSSR count). The van der Waals surface area contributed by atoms with Gasteiger partial charge in [0, 0.05) is 18.5 Å². The highest BCUT2D eigenvalue weighted by Crippen LogP contribution is 2.36. The number of anilines is 1. The number of amides is 1. The number of thiophene rings is 1. The van der Waals surface area contributed by atoms with Gasteiger partial charge < -0.3 is 10.6 Å². The van der Waals surface area contributed by atoms with E-state index in [4.69, 9.17) is 17.3 Å². The van der Waals surface area contributed by atoms with Gasteiger partial charge in [0.2, 0.25) is 0 Å². The molecule has 0 saturated carbocycles. The minimum absolute atomic E-state index is 0.175. The maximum Gasteiger partial charge on any atom is 0.252 e. The van der Waals surface area contributed by atoms with Crippen LogP contribution in [-0.4, -0.2) is 28.7 Å². The Balaban J connectivity index is 1.92. The van der Waals surface area contributed by atoms with E-state index < -0.39 is 5.91 Å². The van der Waals surface area contributed by atoms with Gasteiger partial charge in [0.15, 0.2) is 11.0 Å². The lowest BCUT2D eigenvalue weighted by atomic mass is 10.00. The molecule has 2 atom stereocenters. The van der Waals surface area contributed by atoms with Crippen LogP contribution < -0.4 is 10.6 Å². The Bertz CT molecular complexity index is 661. The van der Waals surface area contributed by atoms with Gasteiger partial charge in [-0.05, 0) is 41.8 Å². The van der Waals surface area contributed by atoms with Crippen LogP contribution in [0.25, 0.3) is 0 Å². The largest absolute Gasteiger partial charge is 0.365 e. The molecule has 5 nitrogen and oxygen atoms in total. The first-order valence-corrected chi connectivity index (χ1v) is 8.00. The average molecular weight is 323 g/mol. The van der Waals surface area contributed by atoms with Crippen molar-refractivity contribution in [2.45, 2.75) is 25.3 Å². The third-order valence-corrected chi connectivity index (χ3v) is 4.76. The van der Waals surface area contributed by atoms with Crippen LogP contribution in [0.1, 0.15) is 35.2 Å². The lowest BCUT2D eigenvalue weighted by Gasteiger charge is -2.23. The lowest BCUT2D eigenvalue weighted by molar-refractivity contribution is 0.1000. The smallest absolute Gasteiger partial charge is 0.252 e. The summed E-state index contributed by atoms with van der Waals surface area (Å²) in [6, 6.07) is 3.90. The standard InChI is InChI=1S/C14H15ClN4OS/c1-8-4-10(9-2-3-21-7-9)6-19(8)14-11(13(16)20)5-12(15)17-18-14/h2-3,5,7-8,10H,4,6H2,1H3,(H2,16,20)/t8-,10-/m0/s1. The topological polar surface area (TPSA) is 72.1 Å². The predicted octanol–water partition coefficient (Wildman–Crippen LogP) is 2.67. The molecule has 2 aromatic heterocycles. The van der Waals surface area contributed by atoms with Crippen molar-refractivity contribution >= 4 is 34.7 Å². The zero-order chi connectivity index (χ0) is 15.0. The fourth-order valence-corrected chi connectivity index (χ4v) is 3.72. The van der Waals surface area contributed by atoms with E-state index >= 15 is 0 Å². The fraction of sp³-hybridized carbons (Fsp3) is 0.357. The van der Waals surface area contributed by atoms with Crippen molar-refractivity contribution in [2.75, 3.05) is 11.4 Å². The zero-order valence-corrected chi connectivity index (χ0v) is 13.1. The summed E-state index contributed by atoms with van der Waals surface area (Å²) in [5.74, 6) is 0.426. The number of rotatable bonds is 3. The maximum absolute atomic E-state index is 11.6. The number of aromatic nitrogens is 2. The van der Waals surface area contributed by atoms with E-state index in [1.54, 1.807) is 11.3 Å². The summed E-state index contributed by atoms with van der Waals surface area (Å²) in [6.45, 7) is 2.92. The van der Waals surface area contributed by atoms with Gasteiger partial charge in [-0.2, -0.15) is 11.3 Å². The predicted molar refractivity (Wildman–Crippen MR) is 84.0 cm³/mol. The van der Waals surface area contributed by atoms with Crippen molar-refractivity contribution in [3.8, 4) is 0 Å². The summed E-state index contributed by atoms with van der Waals surface area (Å²) < 4.78 is 0. The molecule has 0 aromatic carbocycles. The van der Waals surface area contributed by atoms with Crippen molar-refractivity contribution in [3.63, 3.8) is 0 Å². The zero-order valence-electron chi connectivity index (χ0n) is 11.5. The van der Waals surface area contributed by atoms with Crippen LogP contribution in [0, 0.1) is 0 Å². The lowest BCUT2D eigenvalue weighted by Crippen LogP contribution is -2.30. The monoisotopic (exact) mass is 322 g/mol. The van der Waals surface area contributed by atoms with Crippen molar-refractivity contribution in [1.29, 1.82) is 0 Å². The maximum atomic E-state index is 11.6. The number of hydrogen-bond acceptors (Lipinski definition) is 5. The molecule has 1 amide bonds. The molecule has 21 heavy (non-hydrogen) atoms. The molecule has 1 aliphatic heterocycles. The number of halogens is 1. The van der Waals surface area contributed by atoms with Gasteiger partial charge >= 0.3 is 0 Å². The van der Waals surface area contributed by atoms with Crippen LogP contribution in [0.4, 0.5) is 5.82 Å². The van der Waals surface area contributed by atoms with E-state index in [0.29, 0.717) is 17.3 Å². The highest BCUT2D eigenvalue weighted by molar-refractivity contribution is 7.08. The third-order valence-electron chi connectivity index (χ3n) is 3.87. The molecule has 1 aliphatic rings. The van der Waals surface area contributed by atoms with E-state index in [1.807, 2.05) is 0 Å². The Morgan fingerprint density at radius 3 is 3.00 bits per heavy atom. The number of hydrogen-bond donors (Lipinski definition) is 1. The number of nitrogens with zero attached hydrogens (tertiary/aromatic N) is 3. The number of carbonyl (C=O) groups excluding carboxylic acids is 1. The molecule has 0 bridgehead atoms. The first-order valence-electron chi connectivity index (χ1n) is 6.68. The van der Waals surface area contributed by atoms with Crippen LogP contribution in [0.5, 0.6) is 0 Å². The molecule has 0 radical (unpaired) electrons. The minimum Gasteiger partial charge on any atom is -0.365 e. The van der Waals surface area contributed by atoms with Gasteiger partial charge in [-0.15, -0.1) is 10.2 Å². The second-order valence-electron chi connectivity index (χ2n) is 5.26. The molecular formula is C14H15ClN4OS. The summed E-state index contributed by atoms with van der Waals surface area (Å²) >= 11 is 7.51. The van der Waals surface area contributed by atoms with Gasteiger partial charge in [-0.1, -0.05) is 11.6 Å². The highest BCUT2D eigenvalue weighted by atomic mass is 35.5. The van der Waals surface area contributed by atoms with E-state index in [2.05, 4.69) is 38.8 Å². The Morgan fingerprint density at radius 1 is 1.52 bits per heavy atom. The summed E-state index contributed by atoms with van der Waals surface area (Å²) in [4.78, 5) is 13.7. The van der Waals surface area contributed by atoms with E-state index in [1.165, 1.54) is 11.6 Å². The normalized spacial score (nSPS) is 21.7. The summed E-state index contributed by atoms with van der Waals surface area (Å²) in [5.41, 5.74) is 7.09. The molecule has 1 fully saturated rings. The fourth-order valence-electron chi connectivity index (χ4n) is 2.83. The summed E-state index contributed by atoms with van der Waals surface area (Å²) in [6.07, 6.45) is 1.01. The molecule has 0 unspecified atom stereocenters. The van der Waals surface area contributed by atoms with Crippen LogP contribution in [-0.2, 0) is 0 Å². The minimum atomic E-state index is -0.534. The Morgan fingerprint density at radius 2 is 2.33 bits per heavy atom. The third kappa shape index (κ3) is 2.73. The van der Waals surface area contributed by atoms with Gasteiger partial charge in [-0.25, -0.2) is 0 Å². The van der Waals surface area contributed by atoms with Crippen LogP contribution in [0.15, 0.2) is 22.9 Å². The molecule has 2 aromatic rings. The number of primary amides is 1. The number of nitrogens with two attached hydrogens (primary N) is 1.